The van der Waals surface area contributed by atoms with Crippen LogP contribution in [-0.2, 0) is 14.6 Å². The summed E-state index contributed by atoms with van der Waals surface area (Å²) in [5, 5.41) is 0. The van der Waals surface area contributed by atoms with Crippen molar-refractivity contribution in [2.24, 2.45) is 11.8 Å². The summed E-state index contributed by atoms with van der Waals surface area (Å²) in [5.74, 6) is 1.52. The van der Waals surface area contributed by atoms with E-state index in [1.165, 1.54) is 5.56 Å². The van der Waals surface area contributed by atoms with Crippen molar-refractivity contribution in [3.8, 4) is 5.75 Å². The highest BCUT2D eigenvalue weighted by Crippen LogP contribution is 2.25. The number of amides is 1. The van der Waals surface area contributed by atoms with Crippen LogP contribution in [0.1, 0.15) is 31.2 Å². The van der Waals surface area contributed by atoms with Crippen LogP contribution in [0.15, 0.2) is 24.3 Å². The molecule has 1 atom stereocenters. The van der Waals surface area contributed by atoms with E-state index in [-0.39, 0.29) is 23.3 Å². The maximum atomic E-state index is 12.7. The van der Waals surface area contributed by atoms with Crippen LogP contribution in [0.5, 0.6) is 5.75 Å². The molecule has 0 N–H and O–H groups in total. The summed E-state index contributed by atoms with van der Waals surface area (Å²) in [6, 6.07) is 8.01. The van der Waals surface area contributed by atoms with Gasteiger partial charge >= 0.3 is 0 Å². The molecule has 6 heteroatoms. The van der Waals surface area contributed by atoms with E-state index >= 15 is 0 Å². The summed E-state index contributed by atoms with van der Waals surface area (Å²) in [6.45, 7) is 4.16. The van der Waals surface area contributed by atoms with Crippen molar-refractivity contribution in [1.29, 1.82) is 0 Å². The first-order valence-electron chi connectivity index (χ1n) is 9.11. The molecule has 1 aromatic carbocycles. The first-order valence-corrected chi connectivity index (χ1v) is 10.9. The van der Waals surface area contributed by atoms with Gasteiger partial charge in [0.1, 0.15) is 15.6 Å². The molecule has 1 amide bonds. The molecule has 2 fully saturated rings. The Morgan fingerprint density at radius 2 is 1.84 bits per heavy atom. The lowest BCUT2D eigenvalue weighted by atomic mass is 9.95. The second-order valence-electron chi connectivity index (χ2n) is 7.34. The zero-order chi connectivity index (χ0) is 17.9. The first kappa shape index (κ1) is 18.2. The maximum absolute atomic E-state index is 12.7. The Bertz CT molecular complexity index is 685. The van der Waals surface area contributed by atoms with Crippen molar-refractivity contribution >= 4 is 15.7 Å². The number of ether oxygens (including phenoxy) is 1. The lowest BCUT2D eigenvalue weighted by molar-refractivity contribution is -0.137. The quantitative estimate of drug-likeness (QED) is 0.822. The van der Waals surface area contributed by atoms with Gasteiger partial charge in [0.15, 0.2) is 0 Å². The first-order chi connectivity index (χ1) is 11.9. The number of benzene rings is 1. The smallest absolute Gasteiger partial charge is 0.225 e. The van der Waals surface area contributed by atoms with Crippen molar-refractivity contribution in [3.05, 3.63) is 29.8 Å². The van der Waals surface area contributed by atoms with Gasteiger partial charge in [0.2, 0.25) is 5.91 Å². The number of nitrogens with zero attached hydrogens (tertiary/aromatic N) is 1. The number of hydrogen-bond donors (Lipinski definition) is 0. The zero-order valence-corrected chi connectivity index (χ0v) is 15.6. The number of rotatable bonds is 4. The van der Waals surface area contributed by atoms with Gasteiger partial charge in [-0.3, -0.25) is 4.79 Å². The fourth-order valence-corrected chi connectivity index (χ4v) is 5.14. The lowest BCUT2D eigenvalue weighted by Crippen LogP contribution is -2.45. The molecule has 3 rings (SSSR count). The number of likely N-dealkylation sites (tertiary alicyclic amines) is 1. The zero-order valence-electron chi connectivity index (χ0n) is 14.8. The van der Waals surface area contributed by atoms with Crippen LogP contribution in [0, 0.1) is 18.8 Å². The molecule has 5 nitrogen and oxygen atoms in total. The third-order valence-electron chi connectivity index (χ3n) is 5.24. The van der Waals surface area contributed by atoms with Crippen LogP contribution < -0.4 is 4.74 Å². The summed E-state index contributed by atoms with van der Waals surface area (Å²) in [6.07, 6.45) is 3.00. The highest BCUT2D eigenvalue weighted by atomic mass is 32.2. The highest BCUT2D eigenvalue weighted by Gasteiger charge is 2.33. The minimum absolute atomic E-state index is 0.125. The van der Waals surface area contributed by atoms with Gasteiger partial charge in [-0.2, -0.15) is 0 Å². The van der Waals surface area contributed by atoms with Gasteiger partial charge in [-0.15, -0.1) is 0 Å². The number of hydrogen-bond acceptors (Lipinski definition) is 4. The summed E-state index contributed by atoms with van der Waals surface area (Å²) in [4.78, 5) is 14.6. The van der Waals surface area contributed by atoms with E-state index in [0.717, 1.165) is 25.1 Å². The Labute approximate surface area is 150 Å². The number of piperidine rings is 1. The van der Waals surface area contributed by atoms with Gasteiger partial charge in [-0.1, -0.05) is 17.7 Å². The van der Waals surface area contributed by atoms with Gasteiger partial charge in [0, 0.05) is 24.9 Å². The topological polar surface area (TPSA) is 63.7 Å². The Hall–Kier alpha value is -1.56. The average Bonchev–Trinajstić information content (AvgIpc) is 2.61. The summed E-state index contributed by atoms with van der Waals surface area (Å²) >= 11 is 0. The van der Waals surface area contributed by atoms with Crippen LogP contribution in [0.4, 0.5) is 0 Å². The van der Waals surface area contributed by atoms with E-state index in [9.17, 15) is 13.2 Å². The molecular weight excluding hydrogens is 338 g/mol. The summed E-state index contributed by atoms with van der Waals surface area (Å²) < 4.78 is 29.0. The molecule has 0 unspecified atom stereocenters. The normalized spacial score (nSPS) is 24.0. The predicted molar refractivity (Wildman–Crippen MR) is 97.4 cm³/mol. The van der Waals surface area contributed by atoms with Crippen molar-refractivity contribution in [1.82, 2.24) is 4.90 Å². The van der Waals surface area contributed by atoms with Crippen molar-refractivity contribution < 1.29 is 17.9 Å². The van der Waals surface area contributed by atoms with Crippen LogP contribution in [-0.4, -0.2) is 50.4 Å². The number of carbonyl (C=O) groups excluding carboxylic acids is 1. The number of aryl methyl sites for hydroxylation is 1. The minimum atomic E-state index is -2.92. The molecule has 0 saturated carbocycles. The third-order valence-corrected chi connectivity index (χ3v) is 6.96. The van der Waals surface area contributed by atoms with E-state index < -0.39 is 9.84 Å². The average molecular weight is 365 g/mol. The summed E-state index contributed by atoms with van der Waals surface area (Å²) in [5.41, 5.74) is 1.20. The molecule has 1 aromatic rings. The maximum Gasteiger partial charge on any atom is 0.225 e. The highest BCUT2D eigenvalue weighted by molar-refractivity contribution is 7.91. The molecular formula is C19H27NO4S. The van der Waals surface area contributed by atoms with Gasteiger partial charge in [0.05, 0.1) is 18.1 Å². The standard InChI is InChI=1S/C19H27NO4S/c1-15-4-6-18(7-5-15)24-14-16-3-2-10-20(13-16)19(21)17-8-11-25(22,23)12-9-17/h4-7,16-17H,2-3,8-14H2,1H3/t16-/m1/s1. The predicted octanol–water partition coefficient (Wildman–Crippen LogP) is 2.44. The van der Waals surface area contributed by atoms with E-state index in [4.69, 9.17) is 4.74 Å². The van der Waals surface area contributed by atoms with Gasteiger partial charge < -0.3 is 9.64 Å². The van der Waals surface area contributed by atoms with Gasteiger partial charge in [-0.25, -0.2) is 8.42 Å². The van der Waals surface area contributed by atoms with Crippen LogP contribution in [0.25, 0.3) is 0 Å². The molecule has 2 aliphatic heterocycles. The fourth-order valence-electron chi connectivity index (χ4n) is 3.65. The summed E-state index contributed by atoms with van der Waals surface area (Å²) in [7, 11) is -2.92. The van der Waals surface area contributed by atoms with Gasteiger partial charge in [0.25, 0.3) is 0 Å². The Kier molecular flexibility index (Phi) is 5.67. The largest absolute Gasteiger partial charge is 0.493 e. The third kappa shape index (κ3) is 4.97. The van der Waals surface area contributed by atoms with Crippen LogP contribution >= 0.6 is 0 Å². The Balaban J connectivity index is 1.50. The second kappa shape index (κ2) is 7.77. The molecule has 2 heterocycles. The van der Waals surface area contributed by atoms with E-state index in [1.807, 2.05) is 36.1 Å². The molecule has 0 spiro atoms. The fraction of sp³-hybridized carbons (Fsp3) is 0.632. The second-order valence-corrected chi connectivity index (χ2v) is 9.65. The van der Waals surface area contributed by atoms with E-state index in [0.29, 0.717) is 31.9 Å². The van der Waals surface area contributed by atoms with Crippen molar-refractivity contribution in [3.63, 3.8) is 0 Å². The Morgan fingerprint density at radius 3 is 2.52 bits per heavy atom. The number of carbonyl (C=O) groups is 1. The Morgan fingerprint density at radius 1 is 1.16 bits per heavy atom. The van der Waals surface area contributed by atoms with Crippen molar-refractivity contribution in [2.75, 3.05) is 31.2 Å². The van der Waals surface area contributed by atoms with Gasteiger partial charge in [-0.05, 0) is 44.7 Å². The molecule has 0 radical (unpaired) electrons. The molecule has 0 aliphatic carbocycles. The SMILES string of the molecule is Cc1ccc(OC[C@@H]2CCCN(C(=O)C3CCS(=O)(=O)CC3)C2)cc1. The van der Waals surface area contributed by atoms with E-state index in [1.54, 1.807) is 0 Å². The lowest BCUT2D eigenvalue weighted by Gasteiger charge is -2.35. The molecule has 2 aliphatic rings. The van der Waals surface area contributed by atoms with E-state index in [2.05, 4.69) is 0 Å². The minimum Gasteiger partial charge on any atom is -0.493 e. The molecule has 0 aromatic heterocycles. The molecule has 2 saturated heterocycles. The molecule has 138 valence electrons. The van der Waals surface area contributed by atoms with Crippen LogP contribution in [0.2, 0.25) is 0 Å². The molecule has 25 heavy (non-hydrogen) atoms. The number of sulfone groups is 1. The molecule has 0 bridgehead atoms. The monoisotopic (exact) mass is 365 g/mol. The van der Waals surface area contributed by atoms with Crippen LogP contribution in [0.3, 0.4) is 0 Å². The van der Waals surface area contributed by atoms with Crippen molar-refractivity contribution in [2.45, 2.75) is 32.6 Å².